The fourth-order valence-electron chi connectivity index (χ4n) is 2.90. The Morgan fingerprint density at radius 1 is 1.27 bits per heavy atom. The summed E-state index contributed by atoms with van der Waals surface area (Å²) in [5.41, 5.74) is 0. The van der Waals surface area contributed by atoms with Crippen molar-refractivity contribution < 1.29 is 13.2 Å². The van der Waals surface area contributed by atoms with Crippen molar-refractivity contribution in [3.8, 4) is 0 Å². The molecule has 5 nitrogen and oxygen atoms in total. The molecule has 1 fully saturated rings. The molecule has 9 heteroatoms. The predicted octanol–water partition coefficient (Wildman–Crippen LogP) is 2.99. The van der Waals surface area contributed by atoms with E-state index in [1.165, 1.54) is 11.8 Å². The fraction of sp³-hybridized carbons (Fsp3) is 0.765. The second kappa shape index (κ2) is 9.03. The Hall–Kier alpha value is -1.35. The molecule has 2 heterocycles. The lowest BCUT2D eigenvalue weighted by molar-refractivity contribution is -0.181. The number of rotatable bonds is 5. The monoisotopic (exact) mass is 391 g/mol. The first-order chi connectivity index (χ1) is 12.2. The van der Waals surface area contributed by atoms with Gasteiger partial charge in [0.15, 0.2) is 5.96 Å². The van der Waals surface area contributed by atoms with Gasteiger partial charge >= 0.3 is 6.18 Å². The van der Waals surface area contributed by atoms with Crippen molar-refractivity contribution in [1.82, 2.24) is 20.1 Å². The van der Waals surface area contributed by atoms with Crippen LogP contribution in [0.25, 0.3) is 0 Å². The molecule has 1 N–H and O–H groups in total. The molecule has 0 aromatic carbocycles. The quantitative estimate of drug-likeness (QED) is 0.619. The summed E-state index contributed by atoms with van der Waals surface area (Å²) in [6.45, 7) is 7.99. The summed E-state index contributed by atoms with van der Waals surface area (Å²) in [6, 6.07) is -1.41. The van der Waals surface area contributed by atoms with Crippen LogP contribution in [0.2, 0.25) is 0 Å². The number of guanidine groups is 1. The minimum atomic E-state index is -4.18. The van der Waals surface area contributed by atoms with E-state index in [1.807, 2.05) is 11.1 Å². The Balaban J connectivity index is 1.84. The van der Waals surface area contributed by atoms with Crippen molar-refractivity contribution in [1.29, 1.82) is 0 Å². The number of halogens is 3. The number of piperazine rings is 1. The van der Waals surface area contributed by atoms with Crippen LogP contribution in [-0.2, 0) is 13.0 Å². The second-order valence-corrected chi connectivity index (χ2v) is 8.16. The first kappa shape index (κ1) is 21.0. The fourth-order valence-corrected chi connectivity index (χ4v) is 3.97. The first-order valence-corrected chi connectivity index (χ1v) is 9.72. The minimum absolute atomic E-state index is 0.375. The van der Waals surface area contributed by atoms with E-state index in [1.54, 1.807) is 18.4 Å². The maximum absolute atomic E-state index is 12.8. The number of nitrogens with one attached hydrogen (secondary N) is 1. The normalized spacial score (nSPS) is 18.5. The van der Waals surface area contributed by atoms with E-state index < -0.39 is 12.2 Å². The highest BCUT2D eigenvalue weighted by molar-refractivity contribution is 7.11. The van der Waals surface area contributed by atoms with E-state index in [9.17, 15) is 13.2 Å². The molecule has 1 unspecified atom stereocenters. The lowest BCUT2D eigenvalue weighted by Crippen LogP contribution is -2.56. The molecule has 1 saturated heterocycles. The Kier molecular flexibility index (Phi) is 7.28. The number of alkyl halides is 3. The molecule has 2 rings (SSSR count). The Morgan fingerprint density at radius 3 is 2.46 bits per heavy atom. The number of aliphatic imine (C=N–C) groups is 1. The van der Waals surface area contributed by atoms with Crippen LogP contribution in [0, 0.1) is 5.92 Å². The number of thiazole rings is 1. The van der Waals surface area contributed by atoms with E-state index in [2.05, 4.69) is 29.1 Å². The zero-order valence-electron chi connectivity index (χ0n) is 15.8. The summed E-state index contributed by atoms with van der Waals surface area (Å²) >= 11 is 1.69. The summed E-state index contributed by atoms with van der Waals surface area (Å²) in [7, 11) is 1.70. The van der Waals surface area contributed by atoms with Gasteiger partial charge < -0.3 is 10.2 Å². The summed E-state index contributed by atoms with van der Waals surface area (Å²) in [5, 5.41) is 4.43. The average Bonchev–Trinajstić information content (AvgIpc) is 3.01. The van der Waals surface area contributed by atoms with Crippen molar-refractivity contribution in [2.45, 2.75) is 46.0 Å². The molecule has 1 aromatic rings. The standard InChI is InChI=1S/C17H28F3N5S/c1-12(2)9-15-22-10-14(26-15)11-23-16(21-4)25-7-5-24(6-8-25)13(3)17(18,19)20/h10,12-13H,5-9,11H2,1-4H3,(H,21,23). The molecule has 148 valence electrons. The molecule has 0 spiro atoms. The van der Waals surface area contributed by atoms with Crippen LogP contribution in [0.15, 0.2) is 11.2 Å². The average molecular weight is 392 g/mol. The van der Waals surface area contributed by atoms with E-state index in [-0.39, 0.29) is 0 Å². The number of hydrogen-bond donors (Lipinski definition) is 1. The van der Waals surface area contributed by atoms with Crippen molar-refractivity contribution >= 4 is 17.3 Å². The molecular formula is C17H28F3N5S. The molecule has 1 atom stereocenters. The molecular weight excluding hydrogens is 363 g/mol. The van der Waals surface area contributed by atoms with E-state index in [4.69, 9.17) is 0 Å². The highest BCUT2D eigenvalue weighted by Gasteiger charge is 2.41. The van der Waals surface area contributed by atoms with Gasteiger partial charge in [0.1, 0.15) is 6.04 Å². The summed E-state index contributed by atoms with van der Waals surface area (Å²) in [4.78, 5) is 13.3. The molecule has 0 aliphatic carbocycles. The maximum Gasteiger partial charge on any atom is 0.403 e. The molecule has 0 bridgehead atoms. The largest absolute Gasteiger partial charge is 0.403 e. The van der Waals surface area contributed by atoms with E-state index in [0.717, 1.165) is 22.3 Å². The third kappa shape index (κ3) is 5.84. The highest BCUT2D eigenvalue weighted by Crippen LogP contribution is 2.25. The first-order valence-electron chi connectivity index (χ1n) is 8.90. The topological polar surface area (TPSA) is 43.8 Å². The van der Waals surface area contributed by atoms with E-state index >= 15 is 0 Å². The van der Waals surface area contributed by atoms with Gasteiger partial charge in [0.2, 0.25) is 0 Å². The molecule has 26 heavy (non-hydrogen) atoms. The molecule has 0 amide bonds. The lowest BCUT2D eigenvalue weighted by atomic mass is 10.1. The van der Waals surface area contributed by atoms with Gasteiger partial charge in [-0.1, -0.05) is 13.8 Å². The van der Waals surface area contributed by atoms with Gasteiger partial charge in [-0.2, -0.15) is 13.2 Å². The van der Waals surface area contributed by atoms with Gasteiger partial charge in [0.25, 0.3) is 0 Å². The minimum Gasteiger partial charge on any atom is -0.351 e. The Morgan fingerprint density at radius 2 is 1.92 bits per heavy atom. The van der Waals surface area contributed by atoms with Gasteiger partial charge in [-0.25, -0.2) is 4.98 Å². The smallest absolute Gasteiger partial charge is 0.351 e. The van der Waals surface area contributed by atoms with Crippen LogP contribution >= 0.6 is 11.3 Å². The number of nitrogens with zero attached hydrogens (tertiary/aromatic N) is 4. The van der Waals surface area contributed by atoms with Gasteiger partial charge in [0, 0.05) is 50.7 Å². The number of aromatic nitrogens is 1. The molecule has 0 saturated carbocycles. The van der Waals surface area contributed by atoms with Gasteiger partial charge in [-0.05, 0) is 12.8 Å². The molecule has 1 aromatic heterocycles. The summed E-state index contributed by atoms with van der Waals surface area (Å²) < 4.78 is 38.5. The van der Waals surface area contributed by atoms with E-state index in [0.29, 0.717) is 38.6 Å². The predicted molar refractivity (Wildman–Crippen MR) is 99.5 cm³/mol. The van der Waals surface area contributed by atoms with Crippen LogP contribution < -0.4 is 5.32 Å². The third-order valence-corrected chi connectivity index (χ3v) is 5.47. The second-order valence-electron chi connectivity index (χ2n) is 6.96. The van der Waals surface area contributed by atoms with Crippen molar-refractivity contribution in [2.75, 3.05) is 33.2 Å². The zero-order valence-corrected chi connectivity index (χ0v) is 16.6. The lowest BCUT2D eigenvalue weighted by Gasteiger charge is -2.39. The summed E-state index contributed by atoms with van der Waals surface area (Å²) in [5.74, 6) is 1.30. The van der Waals surface area contributed by atoms with Crippen LogP contribution in [0.1, 0.15) is 30.7 Å². The Labute approximate surface area is 157 Å². The van der Waals surface area contributed by atoms with Crippen molar-refractivity contribution in [3.05, 3.63) is 16.1 Å². The zero-order chi connectivity index (χ0) is 19.3. The summed E-state index contributed by atoms with van der Waals surface area (Å²) in [6.07, 6.45) is -1.33. The number of hydrogen-bond acceptors (Lipinski definition) is 4. The molecule has 1 aliphatic heterocycles. The Bertz CT molecular complexity index is 591. The maximum atomic E-state index is 12.8. The third-order valence-electron chi connectivity index (χ3n) is 4.45. The van der Waals surface area contributed by atoms with Crippen LogP contribution in [0.5, 0.6) is 0 Å². The van der Waals surface area contributed by atoms with Crippen molar-refractivity contribution in [2.24, 2.45) is 10.9 Å². The van der Waals surface area contributed by atoms with Crippen LogP contribution in [-0.4, -0.2) is 66.2 Å². The molecule has 0 radical (unpaired) electrons. The van der Waals surface area contributed by atoms with Crippen molar-refractivity contribution in [3.63, 3.8) is 0 Å². The van der Waals surface area contributed by atoms with Crippen LogP contribution in [0.4, 0.5) is 13.2 Å². The van der Waals surface area contributed by atoms with Crippen LogP contribution in [0.3, 0.4) is 0 Å². The van der Waals surface area contributed by atoms with Gasteiger partial charge in [-0.15, -0.1) is 11.3 Å². The van der Waals surface area contributed by atoms with Gasteiger partial charge in [-0.3, -0.25) is 9.89 Å². The van der Waals surface area contributed by atoms with Gasteiger partial charge in [0.05, 0.1) is 11.6 Å². The molecule has 1 aliphatic rings. The highest BCUT2D eigenvalue weighted by atomic mass is 32.1. The SMILES string of the molecule is CN=C(NCc1cnc(CC(C)C)s1)N1CCN(C(C)C(F)(F)F)CC1.